The molecule has 0 aromatic rings. The molecule has 0 spiro atoms. The maximum absolute atomic E-state index is 9.61. The summed E-state index contributed by atoms with van der Waals surface area (Å²) in [5.41, 5.74) is 0. The molecule has 0 bridgehead atoms. The summed E-state index contributed by atoms with van der Waals surface area (Å²) in [6.45, 7) is 0. The molecule has 34 heteroatoms. The molecule has 0 aromatic carbocycles. The van der Waals surface area contributed by atoms with Gasteiger partial charge in [0, 0.05) is 0 Å². The van der Waals surface area contributed by atoms with Crippen LogP contribution in [0.1, 0.15) is 0 Å². The predicted molar refractivity (Wildman–Crippen MR) is 82.8 cm³/mol. The van der Waals surface area contributed by atoms with Gasteiger partial charge in [-0.05, 0) is 0 Å². The number of hydrogen-bond acceptors (Lipinski definition) is 14. The molecule has 0 saturated heterocycles. The topological polar surface area (TPSA) is 438 Å². The molecule has 0 fully saturated rings. The quantitative estimate of drug-likeness (QED) is 0.0670. The molecule has 0 rings (SSSR count). The van der Waals surface area contributed by atoms with E-state index in [0.29, 0.717) is 0 Å². The third-order valence-electron chi connectivity index (χ3n) is 0.574. The van der Waals surface area contributed by atoms with E-state index in [9.17, 15) is 34.1 Å². The molecule has 0 aromatic heterocycles. The van der Waals surface area contributed by atoms with Crippen molar-refractivity contribution in [1.29, 1.82) is 0 Å². The van der Waals surface area contributed by atoms with Gasteiger partial charge < -0.3 is 0 Å². The Hall–Kier alpha value is 3.05. The van der Waals surface area contributed by atoms with E-state index in [1.54, 1.807) is 0 Å². The zero-order chi connectivity index (χ0) is 27.6. The Kier molecular flexibility index (Phi) is 28.2. The van der Waals surface area contributed by atoms with Crippen molar-refractivity contribution in [2.24, 2.45) is 0 Å². The Balaban J connectivity index is -0.0000000769. The molecule has 25 nitrogen and oxygen atoms in total. The van der Waals surface area contributed by atoms with Crippen molar-refractivity contribution in [3.8, 4) is 0 Å². The van der Waals surface area contributed by atoms with E-state index in [1.807, 2.05) is 0 Å². The Morgan fingerprint density at radius 1 is 0.529 bits per heavy atom. The molecule has 0 amide bonds. The van der Waals surface area contributed by atoms with Gasteiger partial charge in [0.05, 0.1) is 0 Å². The Morgan fingerprint density at radius 2 is 0.618 bits per heavy atom. The van der Waals surface area contributed by atoms with Crippen LogP contribution in [0.2, 0.25) is 0 Å². The SMILES string of the molecule is O=P(O)(O)[O][Mo](=[O])(=[O])[OH].O=P(O)(O)[O][Mo](=[O])(=[O])[OH].O=P(O)(O)[O][Mo](=[O])(=[O])[OH].O=S(=O)(O)O.[AlH3].[BaH2]. The third-order valence-corrected chi connectivity index (χ3v) is 10.2. The zero-order valence-electron chi connectivity index (χ0n) is 13.6. The Morgan fingerprint density at radius 3 is 0.618 bits per heavy atom. The van der Waals surface area contributed by atoms with Gasteiger partial charge in [-0.3, -0.25) is 9.11 Å². The van der Waals surface area contributed by atoms with Gasteiger partial charge in [-0.25, -0.2) is 0 Å². The van der Waals surface area contributed by atoms with Gasteiger partial charge in [0.2, 0.25) is 0 Å². The zero-order valence-corrected chi connectivity index (χ0v) is 23.1. The van der Waals surface area contributed by atoms with Crippen LogP contribution in [-0.4, -0.2) is 124 Å². The average molecular weight is 993 g/mol. The molecule has 0 unspecified atom stereocenters. The Labute approximate surface area is 248 Å². The standard InChI is InChI=1S/Al.Ba.3Mo.3H3O4P.H2O4S.3H2O.6O.5H/c;;;;;4*1-5(2,3)4;;;;;;;;;;;;;;/h;;;;;3*(H3,1,2,3,4);(H2,1,2,3,4);3*1H2;;;;;;;;;;;/q;;3*+2;;;;;;;;;;;;;;;;;;/p-6. The monoisotopic (exact) mass is 999 g/mol. The fraction of sp³-hybridized carbons (Fsp3) is 0. The van der Waals surface area contributed by atoms with Crippen LogP contribution >= 0.6 is 23.5 Å². The molecular weight excluding hydrogens is 977 g/mol. The first-order chi connectivity index (χ1) is 13.1. The van der Waals surface area contributed by atoms with Crippen LogP contribution in [-0.2, 0) is 104 Å². The molecule has 0 radical (unpaired) electrons. The van der Waals surface area contributed by atoms with Crippen molar-refractivity contribution in [3.63, 3.8) is 0 Å². The summed E-state index contributed by atoms with van der Waals surface area (Å²) in [5, 5.41) is 0. The maximum atomic E-state index is 9.61. The van der Waals surface area contributed by atoms with Crippen LogP contribution < -0.4 is 0 Å². The molecule has 11 N–H and O–H groups in total. The molecule has 0 aliphatic rings. The van der Waals surface area contributed by atoms with Crippen molar-refractivity contribution in [1.82, 2.24) is 0 Å². The minimum atomic E-state index is -6.03. The molecule has 0 atom stereocenters. The van der Waals surface area contributed by atoms with E-state index in [0.717, 1.165) is 0 Å². The Bertz CT molecular complexity index is 992. The average Bonchev–Trinajstić information content (AvgIpc) is 2.08. The fourth-order valence-electron chi connectivity index (χ4n) is 0.368. The van der Waals surface area contributed by atoms with Gasteiger partial charge >= 0.3 is 217 Å². The fourth-order valence-corrected chi connectivity index (χ4v) is 6.53. The summed E-state index contributed by atoms with van der Waals surface area (Å²) in [7, 11) is -19.9. The van der Waals surface area contributed by atoms with Gasteiger partial charge in [0.1, 0.15) is 0 Å². The van der Waals surface area contributed by atoms with Gasteiger partial charge in [0.15, 0.2) is 17.4 Å². The van der Waals surface area contributed by atoms with Gasteiger partial charge in [0.25, 0.3) is 0 Å². The molecule has 0 heterocycles. The second-order valence-electron chi connectivity index (χ2n) is 3.43. The summed E-state index contributed by atoms with van der Waals surface area (Å²) in [6, 6.07) is 0. The van der Waals surface area contributed by atoms with Crippen LogP contribution in [0.4, 0.5) is 0 Å². The molecule has 34 heavy (non-hydrogen) atoms. The van der Waals surface area contributed by atoms with Crippen molar-refractivity contribution in [2.75, 3.05) is 0 Å². The van der Waals surface area contributed by atoms with E-state index >= 15 is 0 Å². The molecule has 0 aliphatic heterocycles. The van der Waals surface area contributed by atoms with Crippen molar-refractivity contribution in [3.05, 3.63) is 0 Å². The third kappa shape index (κ3) is 91.7. The van der Waals surface area contributed by atoms with Crippen molar-refractivity contribution < 1.29 is 152 Å². The van der Waals surface area contributed by atoms with Crippen LogP contribution in [0, 0.1) is 0 Å². The van der Waals surface area contributed by atoms with E-state index in [4.69, 9.17) is 58.2 Å². The summed E-state index contributed by atoms with van der Waals surface area (Å²) in [6.07, 6.45) is 0. The van der Waals surface area contributed by atoms with E-state index in [2.05, 4.69) is 9.53 Å². The number of phosphoric acid groups is 3. The van der Waals surface area contributed by atoms with Crippen molar-refractivity contribution in [2.45, 2.75) is 0 Å². The van der Waals surface area contributed by atoms with E-state index < -0.39 is 84.1 Å². The molecule has 0 saturated carbocycles. The molecule has 210 valence electrons. The second kappa shape index (κ2) is 19.2. The van der Waals surface area contributed by atoms with Crippen LogP contribution in [0.5, 0.6) is 0 Å². The summed E-state index contributed by atoms with van der Waals surface area (Å²) in [5.74, 6) is 0. The minimum absolute atomic E-state index is 0. The first-order valence-corrected chi connectivity index (χ1v) is 21.1. The van der Waals surface area contributed by atoms with Crippen LogP contribution in [0.25, 0.3) is 0 Å². The molecule has 0 aliphatic carbocycles. The number of hydrogen-bond donors (Lipinski definition) is 11. The van der Waals surface area contributed by atoms with E-state index in [1.165, 1.54) is 0 Å². The van der Waals surface area contributed by atoms with Gasteiger partial charge in [-0.1, -0.05) is 0 Å². The first kappa shape index (κ1) is 49.9. The van der Waals surface area contributed by atoms with E-state index in [-0.39, 0.29) is 66.2 Å². The van der Waals surface area contributed by atoms with Gasteiger partial charge in [-0.15, -0.1) is 0 Å². The van der Waals surface area contributed by atoms with Crippen LogP contribution in [0.15, 0.2) is 0 Å². The first-order valence-electron chi connectivity index (χ1n) is 5.04. The number of rotatable bonds is 6. The predicted octanol–water partition coefficient (Wildman–Crippen LogP) is -6.46. The van der Waals surface area contributed by atoms with Crippen molar-refractivity contribution >= 4 is 100 Å². The summed E-state index contributed by atoms with van der Waals surface area (Å²) >= 11 is -18.1. The normalized spacial score (nSPS) is 12.6. The summed E-state index contributed by atoms with van der Waals surface area (Å²) in [4.78, 5) is 46.4. The summed E-state index contributed by atoms with van der Waals surface area (Å²) < 4.78 is 150. The second-order valence-corrected chi connectivity index (χ2v) is 17.3. The molecular formula is H16AlBaMo3O25P3S. The van der Waals surface area contributed by atoms with Gasteiger partial charge in [-0.2, -0.15) is 8.42 Å². The van der Waals surface area contributed by atoms with Crippen LogP contribution in [0.3, 0.4) is 0 Å².